The van der Waals surface area contributed by atoms with Crippen molar-refractivity contribution in [2.45, 2.75) is 18.9 Å². The van der Waals surface area contributed by atoms with Gasteiger partial charge in [0.25, 0.3) is 0 Å². The summed E-state index contributed by atoms with van der Waals surface area (Å²) in [5.41, 5.74) is 3.90. The van der Waals surface area contributed by atoms with E-state index < -0.39 is 0 Å². The molecule has 1 unspecified atom stereocenters. The van der Waals surface area contributed by atoms with Crippen LogP contribution in [0, 0.1) is 17.1 Å². The molecule has 0 fully saturated rings. The minimum absolute atomic E-state index is 0.169. The van der Waals surface area contributed by atoms with Crippen molar-refractivity contribution in [1.82, 2.24) is 0 Å². The van der Waals surface area contributed by atoms with E-state index in [1.54, 1.807) is 18.2 Å². The lowest BCUT2D eigenvalue weighted by atomic mass is 10.1. The summed E-state index contributed by atoms with van der Waals surface area (Å²) in [6, 6.07) is 14.7. The van der Waals surface area contributed by atoms with E-state index in [2.05, 4.69) is 11.4 Å². The molecule has 94 valence electrons. The molecule has 0 aromatic heterocycles. The topological polar surface area (TPSA) is 35.8 Å². The van der Waals surface area contributed by atoms with Gasteiger partial charge in [-0.1, -0.05) is 6.07 Å². The molecular weight excluding hydrogens is 239 g/mol. The molecule has 2 aromatic rings. The third-order valence-electron chi connectivity index (χ3n) is 3.54. The summed E-state index contributed by atoms with van der Waals surface area (Å²) in [4.78, 5) is 0. The third-order valence-corrected chi connectivity index (χ3v) is 3.54. The standard InChI is InChI=1S/C16H13FN2/c17-13-4-7-15-12(9-13)3-8-16(15)19-14-5-1-11(10-18)2-6-14/h1-2,4-7,9,16,19H,3,8H2. The van der Waals surface area contributed by atoms with Crippen LogP contribution in [0.4, 0.5) is 10.1 Å². The monoisotopic (exact) mass is 252 g/mol. The predicted octanol–water partition coefficient (Wildman–Crippen LogP) is 3.80. The molecule has 3 heteroatoms. The lowest BCUT2D eigenvalue weighted by molar-refractivity contribution is 0.626. The van der Waals surface area contributed by atoms with Gasteiger partial charge in [-0.25, -0.2) is 4.39 Å². The fourth-order valence-corrected chi connectivity index (χ4v) is 2.58. The molecule has 1 aliphatic carbocycles. The lowest BCUT2D eigenvalue weighted by Crippen LogP contribution is -2.06. The Balaban J connectivity index is 1.80. The Bertz CT molecular complexity index is 641. The Morgan fingerprint density at radius 1 is 1.16 bits per heavy atom. The van der Waals surface area contributed by atoms with Gasteiger partial charge in [-0.15, -0.1) is 0 Å². The van der Waals surface area contributed by atoms with Crippen LogP contribution in [0.3, 0.4) is 0 Å². The van der Waals surface area contributed by atoms with E-state index in [1.807, 2.05) is 18.2 Å². The minimum Gasteiger partial charge on any atom is -0.378 e. The van der Waals surface area contributed by atoms with Crippen LogP contribution in [0.25, 0.3) is 0 Å². The Morgan fingerprint density at radius 2 is 1.95 bits per heavy atom. The number of rotatable bonds is 2. The molecule has 0 aliphatic heterocycles. The highest BCUT2D eigenvalue weighted by atomic mass is 19.1. The molecule has 1 atom stereocenters. The number of halogens is 1. The number of fused-ring (bicyclic) bond motifs is 1. The average molecular weight is 252 g/mol. The Hall–Kier alpha value is -2.34. The maximum atomic E-state index is 13.1. The molecular formula is C16H13FN2. The van der Waals surface area contributed by atoms with Crippen molar-refractivity contribution in [3.8, 4) is 6.07 Å². The molecule has 2 nitrogen and oxygen atoms in total. The number of benzene rings is 2. The zero-order valence-electron chi connectivity index (χ0n) is 10.4. The van der Waals surface area contributed by atoms with E-state index >= 15 is 0 Å². The molecule has 0 spiro atoms. The van der Waals surface area contributed by atoms with Gasteiger partial charge in [-0.3, -0.25) is 0 Å². The summed E-state index contributed by atoms with van der Waals surface area (Å²) < 4.78 is 13.1. The van der Waals surface area contributed by atoms with Crippen molar-refractivity contribution >= 4 is 5.69 Å². The second-order valence-electron chi connectivity index (χ2n) is 4.77. The van der Waals surface area contributed by atoms with E-state index in [1.165, 1.54) is 11.6 Å². The Labute approximate surface area is 111 Å². The smallest absolute Gasteiger partial charge is 0.123 e. The summed E-state index contributed by atoms with van der Waals surface area (Å²) in [7, 11) is 0. The summed E-state index contributed by atoms with van der Waals surface area (Å²) in [5.74, 6) is -0.169. The van der Waals surface area contributed by atoms with E-state index in [9.17, 15) is 4.39 Å². The van der Waals surface area contributed by atoms with Gasteiger partial charge in [-0.05, 0) is 60.4 Å². The van der Waals surface area contributed by atoms with Gasteiger partial charge in [0.1, 0.15) is 5.82 Å². The van der Waals surface area contributed by atoms with Crippen molar-refractivity contribution in [1.29, 1.82) is 5.26 Å². The van der Waals surface area contributed by atoms with Crippen LogP contribution in [0.1, 0.15) is 29.2 Å². The zero-order chi connectivity index (χ0) is 13.2. The Morgan fingerprint density at radius 3 is 2.68 bits per heavy atom. The molecule has 2 aromatic carbocycles. The third kappa shape index (κ3) is 2.30. The van der Waals surface area contributed by atoms with Crippen molar-refractivity contribution < 1.29 is 4.39 Å². The van der Waals surface area contributed by atoms with Crippen LogP contribution in [0.2, 0.25) is 0 Å². The number of nitriles is 1. The first-order valence-electron chi connectivity index (χ1n) is 6.31. The van der Waals surface area contributed by atoms with E-state index in [0.29, 0.717) is 5.56 Å². The molecule has 1 N–H and O–H groups in total. The van der Waals surface area contributed by atoms with Crippen molar-refractivity contribution in [3.63, 3.8) is 0 Å². The molecule has 0 amide bonds. The molecule has 1 aliphatic rings. The number of nitrogens with one attached hydrogen (secondary N) is 1. The van der Waals surface area contributed by atoms with E-state index in [-0.39, 0.29) is 11.9 Å². The number of anilines is 1. The van der Waals surface area contributed by atoms with Gasteiger partial charge in [0, 0.05) is 5.69 Å². The van der Waals surface area contributed by atoms with Gasteiger partial charge in [-0.2, -0.15) is 5.26 Å². The first kappa shape index (κ1) is 11.7. The van der Waals surface area contributed by atoms with Crippen LogP contribution in [0.5, 0.6) is 0 Å². The van der Waals surface area contributed by atoms with Crippen LogP contribution >= 0.6 is 0 Å². The summed E-state index contributed by atoms with van der Waals surface area (Å²) in [6.07, 6.45) is 1.87. The van der Waals surface area contributed by atoms with Crippen LogP contribution in [-0.2, 0) is 6.42 Å². The van der Waals surface area contributed by atoms with Gasteiger partial charge in [0.2, 0.25) is 0 Å². The lowest BCUT2D eigenvalue weighted by Gasteiger charge is -2.15. The highest BCUT2D eigenvalue weighted by Gasteiger charge is 2.22. The van der Waals surface area contributed by atoms with Crippen LogP contribution < -0.4 is 5.32 Å². The van der Waals surface area contributed by atoms with Gasteiger partial charge in [0.15, 0.2) is 0 Å². The SMILES string of the molecule is N#Cc1ccc(NC2CCc3cc(F)ccc32)cc1. The summed E-state index contributed by atoms with van der Waals surface area (Å²) in [6.45, 7) is 0. The maximum Gasteiger partial charge on any atom is 0.123 e. The summed E-state index contributed by atoms with van der Waals surface area (Å²) >= 11 is 0. The zero-order valence-corrected chi connectivity index (χ0v) is 10.4. The fourth-order valence-electron chi connectivity index (χ4n) is 2.58. The highest BCUT2D eigenvalue weighted by molar-refractivity contribution is 5.50. The second-order valence-corrected chi connectivity index (χ2v) is 4.77. The number of nitrogens with zero attached hydrogens (tertiary/aromatic N) is 1. The minimum atomic E-state index is -0.169. The number of hydrogen-bond acceptors (Lipinski definition) is 2. The van der Waals surface area contributed by atoms with Gasteiger partial charge >= 0.3 is 0 Å². The molecule has 19 heavy (non-hydrogen) atoms. The molecule has 0 saturated carbocycles. The molecule has 0 bridgehead atoms. The highest BCUT2D eigenvalue weighted by Crippen LogP contribution is 2.34. The van der Waals surface area contributed by atoms with E-state index in [4.69, 9.17) is 5.26 Å². The molecule has 0 heterocycles. The molecule has 0 radical (unpaired) electrons. The molecule has 0 saturated heterocycles. The maximum absolute atomic E-state index is 13.1. The second kappa shape index (κ2) is 4.74. The molecule has 3 rings (SSSR count). The van der Waals surface area contributed by atoms with E-state index in [0.717, 1.165) is 24.1 Å². The quantitative estimate of drug-likeness (QED) is 0.882. The van der Waals surface area contributed by atoms with Gasteiger partial charge < -0.3 is 5.32 Å². The average Bonchev–Trinajstić information content (AvgIpc) is 2.82. The summed E-state index contributed by atoms with van der Waals surface area (Å²) in [5, 5.41) is 12.2. The normalized spacial score (nSPS) is 16.7. The fraction of sp³-hybridized carbons (Fsp3) is 0.188. The van der Waals surface area contributed by atoms with Crippen molar-refractivity contribution in [2.75, 3.05) is 5.32 Å². The Kier molecular flexibility index (Phi) is 2.92. The largest absolute Gasteiger partial charge is 0.378 e. The predicted molar refractivity (Wildman–Crippen MR) is 72.2 cm³/mol. The van der Waals surface area contributed by atoms with Crippen molar-refractivity contribution in [3.05, 3.63) is 65.0 Å². The first-order valence-corrected chi connectivity index (χ1v) is 6.31. The number of aryl methyl sites for hydroxylation is 1. The van der Waals surface area contributed by atoms with Crippen LogP contribution in [0.15, 0.2) is 42.5 Å². The number of hydrogen-bond donors (Lipinski definition) is 1. The van der Waals surface area contributed by atoms with Gasteiger partial charge in [0.05, 0.1) is 17.7 Å². The first-order chi connectivity index (χ1) is 9.26. The van der Waals surface area contributed by atoms with Crippen LogP contribution in [-0.4, -0.2) is 0 Å². The van der Waals surface area contributed by atoms with Crippen molar-refractivity contribution in [2.24, 2.45) is 0 Å².